The molecule has 0 amide bonds. The first-order valence-electron chi connectivity index (χ1n) is 8.32. The Morgan fingerprint density at radius 2 is 2.00 bits per heavy atom. The van der Waals surface area contributed by atoms with Crippen LogP contribution in [0.1, 0.15) is 57.6 Å². The zero-order chi connectivity index (χ0) is 16.8. The Bertz CT molecular complexity index is 665. The first-order valence-corrected chi connectivity index (χ1v) is 8.32. The van der Waals surface area contributed by atoms with Crippen molar-refractivity contribution in [3.63, 3.8) is 0 Å². The highest BCUT2D eigenvalue weighted by molar-refractivity contribution is 5.75. The second kappa shape index (κ2) is 5.36. The average Bonchev–Trinajstić information content (AvgIpc) is 2.47. The van der Waals surface area contributed by atoms with Crippen LogP contribution in [-0.4, -0.2) is 17.0 Å². The number of rotatable bonds is 2. The quantitative estimate of drug-likeness (QED) is 0.667. The SMILES string of the molecule is CC(=O)Oc1ccc2c(c1)[C@@]1(C)CCC[C@](C)(C(=O)O)C1CC2. The maximum absolute atomic E-state index is 11.9. The van der Waals surface area contributed by atoms with Crippen LogP contribution in [-0.2, 0) is 21.4 Å². The van der Waals surface area contributed by atoms with Crippen LogP contribution < -0.4 is 4.74 Å². The van der Waals surface area contributed by atoms with Gasteiger partial charge in [0, 0.05) is 6.92 Å². The fourth-order valence-electron chi connectivity index (χ4n) is 4.92. The lowest BCUT2D eigenvalue weighted by Crippen LogP contribution is -2.52. The van der Waals surface area contributed by atoms with Gasteiger partial charge in [-0.25, -0.2) is 0 Å². The highest BCUT2D eigenvalue weighted by atomic mass is 16.5. The second-order valence-corrected chi connectivity index (χ2v) is 7.50. The van der Waals surface area contributed by atoms with Crippen LogP contribution in [0.15, 0.2) is 18.2 Å². The van der Waals surface area contributed by atoms with Gasteiger partial charge in [0.15, 0.2) is 0 Å². The van der Waals surface area contributed by atoms with Crippen molar-refractivity contribution >= 4 is 11.9 Å². The van der Waals surface area contributed by atoms with Crippen LogP contribution in [0, 0.1) is 11.3 Å². The van der Waals surface area contributed by atoms with E-state index in [1.165, 1.54) is 18.1 Å². The van der Waals surface area contributed by atoms with Crippen molar-refractivity contribution < 1.29 is 19.4 Å². The monoisotopic (exact) mass is 316 g/mol. The number of hydrogen-bond donors (Lipinski definition) is 1. The van der Waals surface area contributed by atoms with Crippen LogP contribution >= 0.6 is 0 Å². The van der Waals surface area contributed by atoms with Gasteiger partial charge in [0.25, 0.3) is 0 Å². The number of aryl methyl sites for hydroxylation is 1. The minimum Gasteiger partial charge on any atom is -0.481 e. The van der Waals surface area contributed by atoms with Crippen molar-refractivity contribution in [3.8, 4) is 5.75 Å². The van der Waals surface area contributed by atoms with Gasteiger partial charge in [0.1, 0.15) is 5.75 Å². The predicted octanol–water partition coefficient (Wildman–Crippen LogP) is 3.71. The fraction of sp³-hybridized carbons (Fsp3) is 0.579. The van der Waals surface area contributed by atoms with Gasteiger partial charge >= 0.3 is 11.9 Å². The Morgan fingerprint density at radius 1 is 1.26 bits per heavy atom. The molecule has 124 valence electrons. The van der Waals surface area contributed by atoms with Crippen LogP contribution in [0.4, 0.5) is 0 Å². The lowest BCUT2D eigenvalue weighted by Gasteiger charge is -2.53. The Kier molecular flexibility index (Phi) is 3.74. The predicted molar refractivity (Wildman–Crippen MR) is 86.5 cm³/mol. The average molecular weight is 316 g/mol. The minimum absolute atomic E-state index is 0.112. The number of aliphatic carboxylic acids is 1. The molecule has 0 bridgehead atoms. The molecule has 0 spiro atoms. The van der Waals surface area contributed by atoms with Crippen LogP contribution in [0.2, 0.25) is 0 Å². The second-order valence-electron chi connectivity index (χ2n) is 7.50. The van der Waals surface area contributed by atoms with Gasteiger partial charge in [-0.15, -0.1) is 0 Å². The molecule has 4 nitrogen and oxygen atoms in total. The van der Waals surface area contributed by atoms with Crippen molar-refractivity contribution in [2.24, 2.45) is 11.3 Å². The summed E-state index contributed by atoms with van der Waals surface area (Å²) in [6.07, 6.45) is 4.42. The first kappa shape index (κ1) is 16.0. The Balaban J connectivity index is 2.07. The number of carboxylic acid groups (broad SMARTS) is 1. The third-order valence-corrected chi connectivity index (χ3v) is 6.08. The lowest BCUT2D eigenvalue weighted by atomic mass is 9.50. The molecule has 3 rings (SSSR count). The highest BCUT2D eigenvalue weighted by Crippen LogP contribution is 2.57. The number of hydrogen-bond acceptors (Lipinski definition) is 3. The van der Waals surface area contributed by atoms with E-state index in [1.807, 2.05) is 25.1 Å². The smallest absolute Gasteiger partial charge is 0.309 e. The highest BCUT2D eigenvalue weighted by Gasteiger charge is 2.55. The number of benzene rings is 1. The summed E-state index contributed by atoms with van der Waals surface area (Å²) >= 11 is 0. The zero-order valence-corrected chi connectivity index (χ0v) is 14.0. The number of fused-ring (bicyclic) bond motifs is 3. The molecule has 0 aromatic heterocycles. The maximum atomic E-state index is 11.9. The molecule has 0 radical (unpaired) electrons. The minimum atomic E-state index is -0.687. The van der Waals surface area contributed by atoms with Crippen molar-refractivity contribution in [3.05, 3.63) is 29.3 Å². The van der Waals surface area contributed by atoms with Gasteiger partial charge in [-0.3, -0.25) is 9.59 Å². The molecule has 2 aliphatic carbocycles. The van der Waals surface area contributed by atoms with E-state index in [1.54, 1.807) is 0 Å². The van der Waals surface area contributed by atoms with Crippen molar-refractivity contribution in [1.82, 2.24) is 0 Å². The number of carbonyl (C=O) groups excluding carboxylic acids is 1. The van der Waals surface area contributed by atoms with E-state index in [9.17, 15) is 14.7 Å². The molecular weight excluding hydrogens is 292 g/mol. The molecule has 0 saturated heterocycles. The summed E-state index contributed by atoms with van der Waals surface area (Å²) in [5, 5.41) is 9.80. The fourth-order valence-corrected chi connectivity index (χ4v) is 4.92. The molecule has 23 heavy (non-hydrogen) atoms. The molecule has 0 aliphatic heterocycles. The van der Waals surface area contributed by atoms with Crippen molar-refractivity contribution in [2.45, 2.75) is 58.3 Å². The van der Waals surface area contributed by atoms with E-state index in [0.717, 1.165) is 32.1 Å². The van der Waals surface area contributed by atoms with E-state index < -0.39 is 11.4 Å². The van der Waals surface area contributed by atoms with Gasteiger partial charge in [-0.2, -0.15) is 0 Å². The largest absolute Gasteiger partial charge is 0.481 e. The summed E-state index contributed by atoms with van der Waals surface area (Å²) in [5.74, 6) is -0.350. The molecule has 1 aromatic rings. The third kappa shape index (κ3) is 2.44. The van der Waals surface area contributed by atoms with Gasteiger partial charge in [0.2, 0.25) is 0 Å². The van der Waals surface area contributed by atoms with Gasteiger partial charge in [0.05, 0.1) is 5.41 Å². The van der Waals surface area contributed by atoms with E-state index >= 15 is 0 Å². The van der Waals surface area contributed by atoms with E-state index in [4.69, 9.17) is 4.74 Å². The summed E-state index contributed by atoms with van der Waals surface area (Å²) in [6, 6.07) is 5.82. The number of esters is 1. The molecule has 1 fully saturated rings. The molecule has 1 N–H and O–H groups in total. The van der Waals surface area contributed by atoms with E-state index in [-0.39, 0.29) is 17.3 Å². The summed E-state index contributed by atoms with van der Waals surface area (Å²) < 4.78 is 5.25. The normalized spacial score (nSPS) is 32.6. The van der Waals surface area contributed by atoms with Gasteiger partial charge < -0.3 is 9.84 Å². The van der Waals surface area contributed by atoms with E-state index in [0.29, 0.717) is 5.75 Å². The summed E-state index contributed by atoms with van der Waals surface area (Å²) in [7, 11) is 0. The number of ether oxygens (including phenoxy) is 1. The van der Waals surface area contributed by atoms with Crippen LogP contribution in [0.3, 0.4) is 0 Å². The maximum Gasteiger partial charge on any atom is 0.309 e. The first-order chi connectivity index (χ1) is 10.8. The van der Waals surface area contributed by atoms with E-state index in [2.05, 4.69) is 6.92 Å². The molecule has 1 aromatic carbocycles. The molecule has 2 aliphatic rings. The molecule has 1 unspecified atom stereocenters. The molecular formula is C19H24O4. The Hall–Kier alpha value is -1.84. The standard InChI is InChI=1S/C19H24O4/c1-12(20)23-14-7-5-13-6-8-16-18(2,15(13)11-14)9-4-10-19(16,3)17(21)22/h5,7,11,16H,4,6,8-10H2,1-3H3,(H,21,22)/t16?,18-,19+/m1/s1. The number of carbonyl (C=O) groups is 2. The third-order valence-electron chi connectivity index (χ3n) is 6.08. The summed E-state index contributed by atoms with van der Waals surface area (Å²) in [6.45, 7) is 5.48. The van der Waals surface area contributed by atoms with Crippen molar-refractivity contribution in [1.29, 1.82) is 0 Å². The Labute approximate surface area is 136 Å². The van der Waals surface area contributed by atoms with Crippen LogP contribution in [0.5, 0.6) is 5.75 Å². The lowest BCUT2D eigenvalue weighted by molar-refractivity contribution is -0.157. The topological polar surface area (TPSA) is 63.6 Å². The van der Waals surface area contributed by atoms with Gasteiger partial charge in [-0.05, 0) is 67.2 Å². The van der Waals surface area contributed by atoms with Gasteiger partial charge in [-0.1, -0.05) is 19.4 Å². The molecule has 0 heterocycles. The van der Waals surface area contributed by atoms with Crippen LogP contribution in [0.25, 0.3) is 0 Å². The summed E-state index contributed by atoms with van der Waals surface area (Å²) in [4.78, 5) is 23.2. The molecule has 3 atom stereocenters. The molecule has 4 heteroatoms. The zero-order valence-electron chi connectivity index (χ0n) is 14.0. The molecule has 1 saturated carbocycles. The summed E-state index contributed by atoms with van der Waals surface area (Å²) in [5.41, 5.74) is 1.58. The number of carboxylic acids is 1. The Morgan fingerprint density at radius 3 is 2.65 bits per heavy atom. The van der Waals surface area contributed by atoms with Crippen molar-refractivity contribution in [2.75, 3.05) is 0 Å².